The Balaban J connectivity index is 1.73. The SMILES string of the molecule is Cn1nccc1CNC1COCc2ccccc21. The lowest BCUT2D eigenvalue weighted by atomic mass is 9.99. The van der Waals surface area contributed by atoms with Gasteiger partial charge >= 0.3 is 0 Å². The first-order chi connectivity index (χ1) is 8.84. The number of aromatic nitrogens is 2. The maximum Gasteiger partial charge on any atom is 0.0721 e. The normalized spacial score (nSPS) is 18.6. The average molecular weight is 243 g/mol. The van der Waals surface area contributed by atoms with Gasteiger partial charge in [-0.15, -0.1) is 0 Å². The molecule has 0 amide bonds. The highest BCUT2D eigenvalue weighted by Gasteiger charge is 2.19. The van der Waals surface area contributed by atoms with Crippen LogP contribution in [0.15, 0.2) is 36.5 Å². The number of hydrogen-bond acceptors (Lipinski definition) is 3. The highest BCUT2D eigenvalue weighted by atomic mass is 16.5. The predicted octanol–water partition coefficient (Wildman–Crippen LogP) is 1.78. The van der Waals surface area contributed by atoms with Crippen LogP contribution in [0.5, 0.6) is 0 Å². The number of aryl methyl sites for hydroxylation is 1. The van der Waals surface area contributed by atoms with E-state index in [0.29, 0.717) is 0 Å². The third-order valence-electron chi connectivity index (χ3n) is 3.42. The topological polar surface area (TPSA) is 39.1 Å². The zero-order chi connectivity index (χ0) is 12.4. The lowest BCUT2D eigenvalue weighted by Gasteiger charge is -2.26. The van der Waals surface area contributed by atoms with E-state index in [-0.39, 0.29) is 6.04 Å². The molecular formula is C14H17N3O. The first kappa shape index (κ1) is 11.4. The van der Waals surface area contributed by atoms with Crippen molar-refractivity contribution in [1.82, 2.24) is 15.1 Å². The minimum atomic E-state index is 0.268. The van der Waals surface area contributed by atoms with Crippen molar-refractivity contribution in [2.75, 3.05) is 6.61 Å². The zero-order valence-corrected chi connectivity index (χ0v) is 10.5. The Labute approximate surface area is 107 Å². The van der Waals surface area contributed by atoms with Crippen molar-refractivity contribution in [3.8, 4) is 0 Å². The van der Waals surface area contributed by atoms with Crippen LogP contribution in [0.4, 0.5) is 0 Å². The summed E-state index contributed by atoms with van der Waals surface area (Å²) in [7, 11) is 1.96. The monoisotopic (exact) mass is 243 g/mol. The molecule has 1 aliphatic heterocycles. The minimum absolute atomic E-state index is 0.268. The molecule has 2 heterocycles. The molecule has 0 saturated carbocycles. The van der Waals surface area contributed by atoms with E-state index in [1.807, 2.05) is 24.0 Å². The average Bonchev–Trinajstić information content (AvgIpc) is 2.82. The van der Waals surface area contributed by atoms with Crippen molar-refractivity contribution < 1.29 is 4.74 Å². The fourth-order valence-corrected chi connectivity index (χ4v) is 2.35. The lowest BCUT2D eigenvalue weighted by molar-refractivity contribution is 0.0815. The van der Waals surface area contributed by atoms with Gasteiger partial charge in [-0.1, -0.05) is 24.3 Å². The maximum atomic E-state index is 5.62. The molecule has 4 nitrogen and oxygen atoms in total. The van der Waals surface area contributed by atoms with Gasteiger partial charge in [-0.05, 0) is 17.2 Å². The Morgan fingerprint density at radius 1 is 1.39 bits per heavy atom. The molecule has 1 aromatic carbocycles. The summed E-state index contributed by atoms with van der Waals surface area (Å²) in [5, 5.41) is 7.71. The molecule has 1 N–H and O–H groups in total. The summed E-state index contributed by atoms with van der Waals surface area (Å²) in [6.07, 6.45) is 1.82. The molecule has 0 fully saturated rings. The van der Waals surface area contributed by atoms with Gasteiger partial charge in [0, 0.05) is 19.8 Å². The molecule has 0 saturated heterocycles. The smallest absolute Gasteiger partial charge is 0.0721 e. The molecule has 0 aliphatic carbocycles. The molecule has 1 aliphatic rings. The van der Waals surface area contributed by atoms with E-state index in [4.69, 9.17) is 4.74 Å². The third-order valence-corrected chi connectivity index (χ3v) is 3.42. The number of rotatable bonds is 3. The zero-order valence-electron chi connectivity index (χ0n) is 10.5. The number of nitrogens with zero attached hydrogens (tertiary/aromatic N) is 2. The number of ether oxygens (including phenoxy) is 1. The van der Waals surface area contributed by atoms with Crippen molar-refractivity contribution >= 4 is 0 Å². The van der Waals surface area contributed by atoms with E-state index in [0.717, 1.165) is 19.8 Å². The number of benzene rings is 1. The van der Waals surface area contributed by atoms with Crippen LogP contribution in [-0.4, -0.2) is 16.4 Å². The Kier molecular flexibility index (Phi) is 3.13. The first-order valence-corrected chi connectivity index (χ1v) is 6.20. The standard InChI is InChI=1S/C14H17N3O/c1-17-12(6-7-16-17)8-15-14-10-18-9-11-4-2-3-5-13(11)14/h2-7,14-15H,8-10H2,1H3. The van der Waals surface area contributed by atoms with Crippen molar-refractivity contribution in [3.05, 3.63) is 53.3 Å². The van der Waals surface area contributed by atoms with Gasteiger partial charge in [-0.2, -0.15) is 5.10 Å². The van der Waals surface area contributed by atoms with E-state index in [1.54, 1.807) is 0 Å². The summed E-state index contributed by atoms with van der Waals surface area (Å²) in [5.74, 6) is 0. The molecule has 0 bridgehead atoms. The van der Waals surface area contributed by atoms with Gasteiger partial charge in [0.15, 0.2) is 0 Å². The Morgan fingerprint density at radius 3 is 3.11 bits per heavy atom. The molecule has 2 aromatic rings. The van der Waals surface area contributed by atoms with Gasteiger partial charge in [-0.3, -0.25) is 4.68 Å². The van der Waals surface area contributed by atoms with Gasteiger partial charge in [-0.25, -0.2) is 0 Å². The van der Waals surface area contributed by atoms with Crippen LogP contribution in [0.3, 0.4) is 0 Å². The molecule has 4 heteroatoms. The summed E-state index contributed by atoms with van der Waals surface area (Å²) in [6.45, 7) is 2.26. The summed E-state index contributed by atoms with van der Waals surface area (Å²) in [4.78, 5) is 0. The highest BCUT2D eigenvalue weighted by molar-refractivity contribution is 5.31. The van der Waals surface area contributed by atoms with E-state index in [2.05, 4.69) is 34.7 Å². The second kappa shape index (κ2) is 4.92. The first-order valence-electron chi connectivity index (χ1n) is 6.20. The van der Waals surface area contributed by atoms with Crippen molar-refractivity contribution in [1.29, 1.82) is 0 Å². The fourth-order valence-electron chi connectivity index (χ4n) is 2.35. The quantitative estimate of drug-likeness (QED) is 0.893. The molecular weight excluding hydrogens is 226 g/mol. The van der Waals surface area contributed by atoms with Crippen molar-refractivity contribution in [3.63, 3.8) is 0 Å². The van der Waals surface area contributed by atoms with Crippen LogP contribution in [0.2, 0.25) is 0 Å². The number of hydrogen-bond donors (Lipinski definition) is 1. The second-order valence-electron chi connectivity index (χ2n) is 4.59. The second-order valence-corrected chi connectivity index (χ2v) is 4.59. The summed E-state index contributed by atoms with van der Waals surface area (Å²) >= 11 is 0. The lowest BCUT2D eigenvalue weighted by Crippen LogP contribution is -2.29. The maximum absolute atomic E-state index is 5.62. The molecule has 94 valence electrons. The summed E-state index contributed by atoms with van der Waals surface area (Å²) in [5.41, 5.74) is 3.82. The van der Waals surface area contributed by atoms with Gasteiger partial charge in [0.25, 0.3) is 0 Å². The molecule has 3 rings (SSSR count). The van der Waals surface area contributed by atoms with Gasteiger partial charge in [0.2, 0.25) is 0 Å². The number of fused-ring (bicyclic) bond motifs is 1. The third kappa shape index (κ3) is 2.17. The molecule has 1 unspecified atom stereocenters. The van der Waals surface area contributed by atoms with Gasteiger partial charge < -0.3 is 10.1 Å². The van der Waals surface area contributed by atoms with Crippen molar-refractivity contribution in [2.45, 2.75) is 19.2 Å². The Morgan fingerprint density at radius 2 is 2.28 bits per heavy atom. The fraction of sp³-hybridized carbons (Fsp3) is 0.357. The Bertz CT molecular complexity index is 535. The van der Waals surface area contributed by atoms with Crippen LogP contribution in [-0.2, 0) is 24.9 Å². The van der Waals surface area contributed by atoms with Crippen LogP contribution in [0, 0.1) is 0 Å². The van der Waals surface area contributed by atoms with E-state index < -0.39 is 0 Å². The van der Waals surface area contributed by atoms with Crippen LogP contribution < -0.4 is 5.32 Å². The van der Waals surface area contributed by atoms with Crippen LogP contribution in [0.1, 0.15) is 22.9 Å². The largest absolute Gasteiger partial charge is 0.375 e. The minimum Gasteiger partial charge on any atom is -0.375 e. The Hall–Kier alpha value is -1.65. The van der Waals surface area contributed by atoms with E-state index >= 15 is 0 Å². The molecule has 1 atom stereocenters. The predicted molar refractivity (Wildman–Crippen MR) is 68.9 cm³/mol. The van der Waals surface area contributed by atoms with Crippen LogP contribution in [0.25, 0.3) is 0 Å². The van der Waals surface area contributed by atoms with Gasteiger partial charge in [0.05, 0.1) is 24.9 Å². The van der Waals surface area contributed by atoms with Crippen molar-refractivity contribution in [2.24, 2.45) is 7.05 Å². The highest BCUT2D eigenvalue weighted by Crippen LogP contribution is 2.24. The summed E-state index contributed by atoms with van der Waals surface area (Å²) in [6, 6.07) is 10.8. The molecule has 1 aromatic heterocycles. The van der Waals surface area contributed by atoms with E-state index in [9.17, 15) is 0 Å². The molecule has 0 spiro atoms. The molecule has 0 radical (unpaired) electrons. The number of nitrogens with one attached hydrogen (secondary N) is 1. The summed E-state index contributed by atoms with van der Waals surface area (Å²) < 4.78 is 7.52. The van der Waals surface area contributed by atoms with Gasteiger partial charge in [0.1, 0.15) is 0 Å². The van der Waals surface area contributed by atoms with E-state index in [1.165, 1.54) is 16.8 Å². The molecule has 18 heavy (non-hydrogen) atoms. The van der Waals surface area contributed by atoms with Crippen LogP contribution >= 0.6 is 0 Å².